The maximum Gasteiger partial charge on any atom is 0.408 e. The zero-order valence-electron chi connectivity index (χ0n) is 22.3. The van der Waals surface area contributed by atoms with E-state index in [1.165, 1.54) is 7.11 Å². The lowest BCUT2D eigenvalue weighted by molar-refractivity contribution is -0.147. The molecule has 3 rings (SSSR count). The van der Waals surface area contributed by atoms with Crippen molar-refractivity contribution in [3.63, 3.8) is 0 Å². The fourth-order valence-corrected chi connectivity index (χ4v) is 4.02. The Morgan fingerprint density at radius 1 is 1.03 bits per heavy atom. The number of methoxy groups -OCH3 is 1. The van der Waals surface area contributed by atoms with Gasteiger partial charge >= 0.3 is 12.1 Å². The maximum absolute atomic E-state index is 13.0. The second-order valence-electron chi connectivity index (χ2n) is 10.0. The molecular weight excluding hydrogens is 488 g/mol. The Labute approximate surface area is 223 Å². The van der Waals surface area contributed by atoms with E-state index in [1.807, 2.05) is 60.7 Å². The van der Waals surface area contributed by atoms with Crippen LogP contribution in [-0.4, -0.2) is 55.7 Å². The third-order valence-corrected chi connectivity index (χ3v) is 5.96. The molecule has 10 nitrogen and oxygen atoms in total. The van der Waals surface area contributed by atoms with Gasteiger partial charge in [0.1, 0.15) is 22.9 Å². The summed E-state index contributed by atoms with van der Waals surface area (Å²) in [6.07, 6.45) is 0.117. The van der Waals surface area contributed by atoms with Crippen molar-refractivity contribution < 1.29 is 28.6 Å². The topological polar surface area (TPSA) is 127 Å². The highest BCUT2D eigenvalue weighted by atomic mass is 16.6. The number of hydrogen-bond donors (Lipinski definition) is 3. The molecule has 0 fully saturated rings. The molecule has 0 aromatic heterocycles. The Kier molecular flexibility index (Phi) is 9.84. The molecule has 1 aliphatic rings. The van der Waals surface area contributed by atoms with Crippen molar-refractivity contribution in [1.82, 2.24) is 16.2 Å². The molecule has 0 bridgehead atoms. The lowest BCUT2D eigenvalue weighted by atomic mass is 9.75. The average molecular weight is 525 g/mol. The smallest absolute Gasteiger partial charge is 0.408 e. The van der Waals surface area contributed by atoms with Gasteiger partial charge in [0.05, 0.1) is 26.9 Å². The summed E-state index contributed by atoms with van der Waals surface area (Å²) in [6, 6.07) is 17.9. The number of amides is 2. The number of aliphatic imine (C=N–C) groups is 1. The number of hydrazine groups is 1. The Morgan fingerprint density at radius 2 is 1.68 bits per heavy atom. The molecule has 204 valence electrons. The number of rotatable bonds is 8. The lowest BCUT2D eigenvalue weighted by Crippen LogP contribution is -2.55. The van der Waals surface area contributed by atoms with Crippen LogP contribution < -0.4 is 16.2 Å². The number of hydrogen-bond acceptors (Lipinski definition) is 8. The minimum Gasteiger partial charge on any atom is -0.468 e. The number of ether oxygens (including phenoxy) is 3. The molecule has 1 unspecified atom stereocenters. The van der Waals surface area contributed by atoms with Gasteiger partial charge in [-0.25, -0.2) is 4.79 Å². The van der Waals surface area contributed by atoms with Crippen molar-refractivity contribution in [3.05, 3.63) is 71.8 Å². The van der Waals surface area contributed by atoms with E-state index in [-0.39, 0.29) is 25.7 Å². The van der Waals surface area contributed by atoms with E-state index in [4.69, 9.17) is 14.2 Å². The van der Waals surface area contributed by atoms with E-state index in [0.29, 0.717) is 18.7 Å². The quantitative estimate of drug-likeness (QED) is 0.358. The molecule has 1 heterocycles. The summed E-state index contributed by atoms with van der Waals surface area (Å²) in [4.78, 5) is 42.6. The predicted octanol–water partition coefficient (Wildman–Crippen LogP) is 3.02. The average Bonchev–Trinajstić information content (AvgIpc) is 2.91. The van der Waals surface area contributed by atoms with Gasteiger partial charge in [-0.3, -0.25) is 25.4 Å². The van der Waals surface area contributed by atoms with Crippen molar-refractivity contribution in [3.8, 4) is 0 Å². The zero-order valence-corrected chi connectivity index (χ0v) is 22.3. The van der Waals surface area contributed by atoms with Crippen molar-refractivity contribution >= 4 is 23.8 Å². The second-order valence-corrected chi connectivity index (χ2v) is 10.0. The van der Waals surface area contributed by atoms with Gasteiger partial charge in [0, 0.05) is 6.42 Å². The number of nitrogens with one attached hydrogen (secondary N) is 3. The summed E-state index contributed by atoms with van der Waals surface area (Å²) in [7, 11) is 1.36. The Bertz CT molecular complexity index is 1120. The van der Waals surface area contributed by atoms with E-state index >= 15 is 0 Å². The first kappa shape index (κ1) is 28.6. The Balaban J connectivity index is 1.63. The molecule has 0 aliphatic carbocycles. The van der Waals surface area contributed by atoms with E-state index in [1.54, 1.807) is 20.8 Å². The number of esters is 1. The van der Waals surface area contributed by atoms with Crippen molar-refractivity contribution in [2.24, 2.45) is 4.99 Å². The minimum absolute atomic E-state index is 0.0758. The van der Waals surface area contributed by atoms with Gasteiger partial charge in [0.15, 0.2) is 0 Å². The van der Waals surface area contributed by atoms with Crippen molar-refractivity contribution in [2.45, 2.75) is 57.3 Å². The first-order valence-electron chi connectivity index (χ1n) is 12.5. The molecule has 2 aromatic rings. The Hall–Kier alpha value is -3.92. The summed E-state index contributed by atoms with van der Waals surface area (Å²) in [5, 5.41) is 2.57. The standard InChI is InChI=1S/C28H36N4O6/c1-27(2,3)38-26(35)30-22(18-37-17-20-11-7-5-8-12-20)24(33)32-31-23-15-16-28(19-29-23,25(34)36-4)21-13-9-6-10-14-21/h5-14,22H,15-19H2,1-4H3,(H,29,31)(H,30,35)(H,32,33)/t22-,28?/m0/s1. The predicted molar refractivity (Wildman–Crippen MR) is 142 cm³/mol. The highest BCUT2D eigenvalue weighted by molar-refractivity contribution is 5.92. The highest BCUT2D eigenvalue weighted by Gasteiger charge is 2.43. The summed E-state index contributed by atoms with van der Waals surface area (Å²) >= 11 is 0. The minimum atomic E-state index is -1.02. The zero-order chi connectivity index (χ0) is 27.6. The third kappa shape index (κ3) is 8.04. The van der Waals surface area contributed by atoms with Gasteiger partial charge < -0.3 is 19.5 Å². The molecule has 0 saturated heterocycles. The van der Waals surface area contributed by atoms with E-state index in [2.05, 4.69) is 21.2 Å². The molecule has 38 heavy (non-hydrogen) atoms. The molecule has 2 aromatic carbocycles. The summed E-state index contributed by atoms with van der Waals surface area (Å²) in [5.74, 6) is -0.373. The van der Waals surface area contributed by atoms with Crippen LogP contribution in [0.3, 0.4) is 0 Å². The second kappa shape index (κ2) is 13.0. The fourth-order valence-electron chi connectivity index (χ4n) is 4.02. The molecule has 2 amide bonds. The lowest BCUT2D eigenvalue weighted by Gasteiger charge is -2.33. The Morgan fingerprint density at radius 3 is 2.26 bits per heavy atom. The maximum atomic E-state index is 13.0. The molecule has 0 radical (unpaired) electrons. The number of carbonyl (C=O) groups excluding carboxylic acids is 3. The van der Waals surface area contributed by atoms with Gasteiger partial charge in [0.2, 0.25) is 0 Å². The molecule has 2 atom stereocenters. The van der Waals surface area contributed by atoms with E-state index in [9.17, 15) is 14.4 Å². The van der Waals surface area contributed by atoms with Gasteiger partial charge in [-0.05, 0) is 38.3 Å². The van der Waals surface area contributed by atoms with Crippen LogP contribution in [0.25, 0.3) is 0 Å². The van der Waals surface area contributed by atoms with Crippen LogP contribution in [-0.2, 0) is 35.8 Å². The van der Waals surface area contributed by atoms with Crippen molar-refractivity contribution in [1.29, 1.82) is 0 Å². The van der Waals surface area contributed by atoms with Crippen molar-refractivity contribution in [2.75, 3.05) is 20.3 Å². The van der Waals surface area contributed by atoms with E-state index < -0.39 is 29.1 Å². The van der Waals surface area contributed by atoms with Crippen LogP contribution in [0, 0.1) is 0 Å². The van der Waals surface area contributed by atoms with Gasteiger partial charge in [-0.2, -0.15) is 0 Å². The van der Waals surface area contributed by atoms with E-state index in [0.717, 1.165) is 11.1 Å². The largest absolute Gasteiger partial charge is 0.468 e. The highest BCUT2D eigenvalue weighted by Crippen LogP contribution is 2.34. The third-order valence-electron chi connectivity index (χ3n) is 5.96. The molecule has 3 N–H and O–H groups in total. The number of amidine groups is 1. The van der Waals surface area contributed by atoms with Gasteiger partial charge in [0.25, 0.3) is 5.91 Å². The number of nitrogens with zero attached hydrogens (tertiary/aromatic N) is 1. The van der Waals surface area contributed by atoms with Gasteiger partial charge in [-0.1, -0.05) is 60.7 Å². The van der Waals surface area contributed by atoms with Crippen LogP contribution in [0.15, 0.2) is 65.7 Å². The summed E-state index contributed by atoms with van der Waals surface area (Å²) < 4.78 is 16.1. The molecule has 10 heteroatoms. The van der Waals surface area contributed by atoms with Crippen LogP contribution in [0.4, 0.5) is 4.79 Å². The first-order valence-corrected chi connectivity index (χ1v) is 12.5. The molecular formula is C28H36N4O6. The monoisotopic (exact) mass is 524 g/mol. The molecule has 1 aliphatic heterocycles. The van der Waals surface area contributed by atoms with Crippen LogP contribution in [0.1, 0.15) is 44.7 Å². The van der Waals surface area contributed by atoms with Crippen LogP contribution >= 0.6 is 0 Å². The van der Waals surface area contributed by atoms with Crippen LogP contribution in [0.5, 0.6) is 0 Å². The van der Waals surface area contributed by atoms with Crippen LogP contribution in [0.2, 0.25) is 0 Å². The number of carbonyl (C=O) groups is 3. The summed E-state index contributed by atoms with van der Waals surface area (Å²) in [6.45, 7) is 5.57. The number of alkyl carbamates (subject to hydrolysis) is 1. The molecule has 0 spiro atoms. The molecule has 0 saturated carbocycles. The SMILES string of the molecule is COC(=O)C1(c2ccccc2)CCC(NNC(=O)[C@H](COCc2ccccc2)NC(=O)OC(C)(C)C)=NC1. The fraction of sp³-hybridized carbons (Fsp3) is 0.429. The normalized spacial score (nSPS) is 17.9. The summed E-state index contributed by atoms with van der Waals surface area (Å²) in [5.41, 5.74) is 5.57. The van der Waals surface area contributed by atoms with Gasteiger partial charge in [-0.15, -0.1) is 0 Å². The number of benzene rings is 2. The first-order chi connectivity index (χ1) is 18.1.